The minimum absolute atomic E-state index is 0.192. The molecule has 0 spiro atoms. The van der Waals surface area contributed by atoms with Crippen molar-refractivity contribution in [1.82, 2.24) is 0 Å². The number of ether oxygens (including phenoxy) is 4. The molecule has 0 radical (unpaired) electrons. The number of methoxy groups -OCH3 is 4. The van der Waals surface area contributed by atoms with Gasteiger partial charge < -0.3 is 37.6 Å². The summed E-state index contributed by atoms with van der Waals surface area (Å²) >= 11 is 0. The van der Waals surface area contributed by atoms with E-state index in [-0.39, 0.29) is 26.4 Å². The molecule has 0 saturated heterocycles. The van der Waals surface area contributed by atoms with Crippen LogP contribution in [0.3, 0.4) is 0 Å². The Kier molecular flexibility index (Phi) is 11.0. The molecule has 0 aromatic heterocycles. The lowest BCUT2D eigenvalue weighted by Gasteiger charge is -2.41. The van der Waals surface area contributed by atoms with Crippen molar-refractivity contribution >= 4 is 6.96 Å². The monoisotopic (exact) mass is 559 g/mol. The molecule has 9 heteroatoms. The molecule has 4 aromatic rings. The zero-order valence-corrected chi connectivity index (χ0v) is 23.9. The van der Waals surface area contributed by atoms with Gasteiger partial charge >= 0.3 is 6.96 Å². The molecule has 4 aromatic carbocycles. The molecular formula is C32H36BO8-. The molecule has 0 bridgehead atoms. The summed E-state index contributed by atoms with van der Waals surface area (Å²) in [7, 11) is 6.53. The first-order valence-electron chi connectivity index (χ1n) is 13.2. The van der Waals surface area contributed by atoms with Crippen molar-refractivity contribution in [3.8, 4) is 23.0 Å². The third-order valence-electron chi connectivity index (χ3n) is 6.45. The SMILES string of the molecule is COc1ccc(CO[B-](OCc2ccc(OC)cc2)(OCc2ccc(OC)cc2)OCc2ccc(OC)cc2)cc1. The lowest BCUT2D eigenvalue weighted by atomic mass is 10.0. The molecule has 0 atom stereocenters. The first-order chi connectivity index (χ1) is 20.0. The van der Waals surface area contributed by atoms with Crippen LogP contribution in [0.5, 0.6) is 23.0 Å². The summed E-state index contributed by atoms with van der Waals surface area (Å²) in [5, 5.41) is 0. The maximum atomic E-state index is 6.37. The third-order valence-corrected chi connectivity index (χ3v) is 6.45. The van der Waals surface area contributed by atoms with Gasteiger partial charge in [0.25, 0.3) is 0 Å². The highest BCUT2D eigenvalue weighted by Crippen LogP contribution is 2.24. The fourth-order valence-electron chi connectivity index (χ4n) is 3.97. The molecule has 0 aliphatic carbocycles. The molecule has 0 aliphatic rings. The van der Waals surface area contributed by atoms with Gasteiger partial charge in [0.05, 0.1) is 28.4 Å². The fourth-order valence-corrected chi connectivity index (χ4v) is 3.97. The topological polar surface area (TPSA) is 73.8 Å². The molecule has 0 fully saturated rings. The largest absolute Gasteiger partial charge is 0.532 e. The molecule has 8 nitrogen and oxygen atoms in total. The Labute approximate surface area is 241 Å². The van der Waals surface area contributed by atoms with Crippen LogP contribution in [0.4, 0.5) is 0 Å². The standard InChI is InChI=1S/C32H36BO8/c1-34-29-13-5-25(6-14-29)21-38-33(39-22-26-7-15-30(35-2)16-8-26,40-23-27-9-17-31(36-3)18-10-27)41-24-28-11-19-32(37-4)20-12-28/h5-20H,21-24H2,1-4H3/q-1. The van der Waals surface area contributed by atoms with Gasteiger partial charge in [0.1, 0.15) is 23.0 Å². The average molecular weight is 559 g/mol. The molecule has 41 heavy (non-hydrogen) atoms. The molecule has 216 valence electrons. The normalized spacial score (nSPS) is 11.2. The number of benzene rings is 4. The summed E-state index contributed by atoms with van der Waals surface area (Å²) in [6, 6.07) is 30.4. The Hall–Kier alpha value is -4.02. The van der Waals surface area contributed by atoms with Gasteiger partial charge in [-0.05, 0) is 70.8 Å². The van der Waals surface area contributed by atoms with Gasteiger partial charge in [-0.3, -0.25) is 0 Å². The Morgan fingerprint density at radius 1 is 0.341 bits per heavy atom. The van der Waals surface area contributed by atoms with Crippen molar-refractivity contribution in [2.75, 3.05) is 28.4 Å². The Bertz CT molecular complexity index is 1100. The van der Waals surface area contributed by atoms with E-state index in [1.54, 1.807) is 28.4 Å². The first kappa shape index (κ1) is 30.0. The summed E-state index contributed by atoms with van der Waals surface area (Å²) < 4.78 is 46.6. The van der Waals surface area contributed by atoms with Gasteiger partial charge in [0.2, 0.25) is 0 Å². The van der Waals surface area contributed by atoms with Gasteiger partial charge in [-0.15, -0.1) is 0 Å². The molecule has 0 saturated carbocycles. The smallest absolute Gasteiger partial charge is 0.515 e. The molecule has 0 N–H and O–H groups in total. The van der Waals surface area contributed by atoms with Crippen LogP contribution >= 0.6 is 0 Å². The second-order valence-electron chi connectivity index (χ2n) is 9.21. The van der Waals surface area contributed by atoms with Crippen LogP contribution in [0.15, 0.2) is 97.1 Å². The molecule has 0 unspecified atom stereocenters. The highest BCUT2D eigenvalue weighted by molar-refractivity contribution is 6.53. The predicted octanol–water partition coefficient (Wildman–Crippen LogP) is 6.32. The minimum atomic E-state index is -2.69. The van der Waals surface area contributed by atoms with Gasteiger partial charge in [0.15, 0.2) is 0 Å². The van der Waals surface area contributed by atoms with E-state index in [0.29, 0.717) is 0 Å². The second kappa shape index (κ2) is 15.1. The van der Waals surface area contributed by atoms with Crippen LogP contribution in [-0.4, -0.2) is 35.4 Å². The van der Waals surface area contributed by atoms with E-state index in [4.69, 9.17) is 37.6 Å². The van der Waals surface area contributed by atoms with E-state index in [2.05, 4.69) is 0 Å². The summed E-state index contributed by atoms with van der Waals surface area (Å²) in [5.74, 6) is 3.03. The molecule has 0 heterocycles. The highest BCUT2D eigenvalue weighted by atomic mass is 16.9. The quantitative estimate of drug-likeness (QED) is 0.148. The number of rotatable bonds is 16. The van der Waals surface area contributed by atoms with Crippen LogP contribution in [-0.2, 0) is 45.0 Å². The van der Waals surface area contributed by atoms with Gasteiger partial charge in [-0.2, -0.15) is 0 Å². The van der Waals surface area contributed by atoms with E-state index >= 15 is 0 Å². The van der Waals surface area contributed by atoms with E-state index in [9.17, 15) is 0 Å². The lowest BCUT2D eigenvalue weighted by molar-refractivity contribution is -0.0521. The van der Waals surface area contributed by atoms with Crippen molar-refractivity contribution in [3.05, 3.63) is 119 Å². The van der Waals surface area contributed by atoms with Gasteiger partial charge in [-0.25, -0.2) is 0 Å². The van der Waals surface area contributed by atoms with Crippen molar-refractivity contribution < 1.29 is 37.6 Å². The second-order valence-corrected chi connectivity index (χ2v) is 9.21. The van der Waals surface area contributed by atoms with Crippen LogP contribution in [0.2, 0.25) is 0 Å². The van der Waals surface area contributed by atoms with Crippen molar-refractivity contribution in [2.24, 2.45) is 0 Å². The van der Waals surface area contributed by atoms with E-state index in [1.807, 2.05) is 97.1 Å². The van der Waals surface area contributed by atoms with E-state index < -0.39 is 6.96 Å². The fraction of sp³-hybridized carbons (Fsp3) is 0.250. The van der Waals surface area contributed by atoms with Crippen LogP contribution in [0.25, 0.3) is 0 Å². The van der Waals surface area contributed by atoms with Crippen molar-refractivity contribution in [2.45, 2.75) is 26.4 Å². The Morgan fingerprint density at radius 3 is 0.707 bits per heavy atom. The third kappa shape index (κ3) is 8.99. The molecular weight excluding hydrogens is 523 g/mol. The minimum Gasteiger partial charge on any atom is -0.515 e. The maximum Gasteiger partial charge on any atom is 0.532 e. The van der Waals surface area contributed by atoms with Crippen LogP contribution in [0.1, 0.15) is 22.3 Å². The van der Waals surface area contributed by atoms with Gasteiger partial charge in [-0.1, -0.05) is 48.5 Å². The number of hydrogen-bond acceptors (Lipinski definition) is 8. The van der Waals surface area contributed by atoms with E-state index in [0.717, 1.165) is 45.3 Å². The predicted molar refractivity (Wildman–Crippen MR) is 157 cm³/mol. The van der Waals surface area contributed by atoms with Crippen LogP contribution in [0, 0.1) is 0 Å². The summed E-state index contributed by atoms with van der Waals surface area (Å²) in [5.41, 5.74) is 3.63. The zero-order chi connectivity index (χ0) is 28.9. The Balaban J connectivity index is 1.58. The zero-order valence-electron chi connectivity index (χ0n) is 23.9. The Morgan fingerprint density at radius 2 is 0.537 bits per heavy atom. The lowest BCUT2D eigenvalue weighted by Crippen LogP contribution is -2.48. The summed E-state index contributed by atoms with van der Waals surface area (Å²) in [4.78, 5) is 0. The molecule has 0 aliphatic heterocycles. The summed E-state index contributed by atoms with van der Waals surface area (Å²) in [6.07, 6.45) is 0. The van der Waals surface area contributed by atoms with Crippen molar-refractivity contribution in [1.29, 1.82) is 0 Å². The summed E-state index contributed by atoms with van der Waals surface area (Å²) in [6.45, 7) is -1.92. The first-order valence-corrected chi connectivity index (χ1v) is 13.2. The van der Waals surface area contributed by atoms with E-state index in [1.165, 1.54) is 0 Å². The van der Waals surface area contributed by atoms with Crippen molar-refractivity contribution in [3.63, 3.8) is 0 Å². The van der Waals surface area contributed by atoms with Gasteiger partial charge in [0, 0.05) is 26.4 Å². The molecule has 0 amide bonds. The average Bonchev–Trinajstić information content (AvgIpc) is 3.05. The number of hydrogen-bond donors (Lipinski definition) is 0. The van der Waals surface area contributed by atoms with Crippen LogP contribution < -0.4 is 18.9 Å². The maximum absolute atomic E-state index is 6.37. The molecule has 4 rings (SSSR count). The highest BCUT2D eigenvalue weighted by Gasteiger charge is 2.33.